The Morgan fingerprint density at radius 3 is 2.77 bits per heavy atom. The number of anilines is 2. The third-order valence-electron chi connectivity index (χ3n) is 6.28. The Morgan fingerprint density at radius 1 is 1.00 bits per heavy atom. The van der Waals surface area contributed by atoms with Crippen LogP contribution in [0.5, 0.6) is 0 Å². The number of pyridine rings is 1. The molecule has 3 aromatic rings. The monoisotopic (exact) mass is 401 g/mol. The standard InChI is InChI=1S/C25H27N3O2/c29-25(16-17-12-14-30-15-13-17)28-22-7-3-6-21-20(22)9-11-24(26-21)27-23-10-8-18-4-1-2-5-19(18)23/h1-7,9,11,17,23H,8,10,12-16H2,(H,26,27)(H,28,29)/t23-/m1/s1. The molecule has 2 aliphatic rings. The second kappa shape index (κ2) is 8.44. The van der Waals surface area contributed by atoms with Gasteiger partial charge in [0.25, 0.3) is 0 Å². The minimum absolute atomic E-state index is 0.0687. The van der Waals surface area contributed by atoms with Gasteiger partial charge in [-0.3, -0.25) is 4.79 Å². The van der Waals surface area contributed by atoms with Gasteiger partial charge in [0, 0.05) is 25.0 Å². The topological polar surface area (TPSA) is 63.2 Å². The first kappa shape index (κ1) is 19.1. The Labute approximate surface area is 176 Å². The van der Waals surface area contributed by atoms with Crippen molar-refractivity contribution in [3.63, 3.8) is 0 Å². The number of amides is 1. The molecular formula is C25H27N3O2. The number of nitrogens with zero attached hydrogens (tertiary/aromatic N) is 1. The van der Waals surface area contributed by atoms with Crippen molar-refractivity contribution < 1.29 is 9.53 Å². The van der Waals surface area contributed by atoms with Gasteiger partial charge in [-0.05, 0) is 67.0 Å². The van der Waals surface area contributed by atoms with Crippen LogP contribution in [-0.4, -0.2) is 24.1 Å². The molecule has 5 heteroatoms. The maximum Gasteiger partial charge on any atom is 0.224 e. The highest BCUT2D eigenvalue weighted by atomic mass is 16.5. The van der Waals surface area contributed by atoms with Crippen LogP contribution in [0.25, 0.3) is 10.9 Å². The zero-order valence-corrected chi connectivity index (χ0v) is 17.1. The van der Waals surface area contributed by atoms with Gasteiger partial charge in [0.2, 0.25) is 5.91 Å². The van der Waals surface area contributed by atoms with Crippen molar-refractivity contribution in [1.29, 1.82) is 0 Å². The van der Waals surface area contributed by atoms with Crippen LogP contribution in [-0.2, 0) is 16.0 Å². The van der Waals surface area contributed by atoms with Crippen LogP contribution in [0.15, 0.2) is 54.6 Å². The Hall–Kier alpha value is -2.92. The largest absolute Gasteiger partial charge is 0.381 e. The molecule has 1 aromatic heterocycles. The second-order valence-corrected chi connectivity index (χ2v) is 8.31. The summed E-state index contributed by atoms with van der Waals surface area (Å²) >= 11 is 0. The Kier molecular flexibility index (Phi) is 5.37. The lowest BCUT2D eigenvalue weighted by atomic mass is 9.96. The third-order valence-corrected chi connectivity index (χ3v) is 6.28. The van der Waals surface area contributed by atoms with Crippen molar-refractivity contribution in [2.45, 2.75) is 38.1 Å². The normalized spacial score (nSPS) is 18.9. The predicted octanol–water partition coefficient (Wildman–Crippen LogP) is 5.09. The quantitative estimate of drug-likeness (QED) is 0.625. The van der Waals surface area contributed by atoms with E-state index in [2.05, 4.69) is 41.0 Å². The highest BCUT2D eigenvalue weighted by Crippen LogP contribution is 2.34. The molecule has 0 spiro atoms. The smallest absolute Gasteiger partial charge is 0.224 e. The van der Waals surface area contributed by atoms with E-state index in [0.29, 0.717) is 18.4 Å². The number of carbonyl (C=O) groups is 1. The Balaban J connectivity index is 1.31. The molecule has 0 bridgehead atoms. The van der Waals surface area contributed by atoms with E-state index >= 15 is 0 Å². The minimum Gasteiger partial charge on any atom is -0.381 e. The Morgan fingerprint density at radius 2 is 1.87 bits per heavy atom. The second-order valence-electron chi connectivity index (χ2n) is 8.31. The summed E-state index contributed by atoms with van der Waals surface area (Å²) in [4.78, 5) is 17.4. The number of hydrogen-bond donors (Lipinski definition) is 2. The molecule has 5 nitrogen and oxygen atoms in total. The molecule has 1 atom stereocenters. The number of rotatable bonds is 5. The summed E-state index contributed by atoms with van der Waals surface area (Å²) < 4.78 is 5.39. The van der Waals surface area contributed by atoms with Crippen LogP contribution in [0.1, 0.15) is 42.9 Å². The molecule has 154 valence electrons. The number of carbonyl (C=O) groups excluding carboxylic acids is 1. The number of nitrogens with one attached hydrogen (secondary N) is 2. The van der Waals surface area contributed by atoms with Crippen molar-refractivity contribution in [3.05, 3.63) is 65.7 Å². The maximum absolute atomic E-state index is 12.6. The van der Waals surface area contributed by atoms with E-state index < -0.39 is 0 Å². The minimum atomic E-state index is 0.0687. The van der Waals surface area contributed by atoms with Crippen LogP contribution in [0.3, 0.4) is 0 Å². The zero-order valence-electron chi connectivity index (χ0n) is 17.1. The molecule has 1 aliphatic heterocycles. The number of fused-ring (bicyclic) bond motifs is 2. The van der Waals surface area contributed by atoms with E-state index in [1.807, 2.05) is 24.3 Å². The third kappa shape index (κ3) is 4.03. The molecule has 1 aliphatic carbocycles. The fourth-order valence-corrected chi connectivity index (χ4v) is 4.64. The first-order valence-electron chi connectivity index (χ1n) is 10.9. The van der Waals surface area contributed by atoms with Gasteiger partial charge in [-0.25, -0.2) is 4.98 Å². The summed E-state index contributed by atoms with van der Waals surface area (Å²) in [6.45, 7) is 1.52. The van der Waals surface area contributed by atoms with Crippen LogP contribution >= 0.6 is 0 Å². The molecule has 0 unspecified atom stereocenters. The highest BCUT2D eigenvalue weighted by Gasteiger charge is 2.22. The first-order chi connectivity index (χ1) is 14.8. The number of ether oxygens (including phenoxy) is 1. The molecule has 1 amide bonds. The van der Waals surface area contributed by atoms with E-state index in [0.717, 1.165) is 61.3 Å². The highest BCUT2D eigenvalue weighted by molar-refractivity contribution is 6.01. The molecule has 1 fully saturated rings. The van der Waals surface area contributed by atoms with Gasteiger partial charge >= 0.3 is 0 Å². The molecule has 2 N–H and O–H groups in total. The average molecular weight is 402 g/mol. The van der Waals surface area contributed by atoms with Crippen molar-refractivity contribution in [2.24, 2.45) is 5.92 Å². The van der Waals surface area contributed by atoms with E-state index in [1.54, 1.807) is 0 Å². The summed E-state index contributed by atoms with van der Waals surface area (Å²) in [6, 6.07) is 18.9. The first-order valence-corrected chi connectivity index (χ1v) is 10.9. The number of aromatic nitrogens is 1. The van der Waals surface area contributed by atoms with Gasteiger partial charge in [-0.15, -0.1) is 0 Å². The van der Waals surface area contributed by atoms with Gasteiger partial charge < -0.3 is 15.4 Å². The molecular weight excluding hydrogens is 374 g/mol. The van der Waals surface area contributed by atoms with Crippen LogP contribution in [0.2, 0.25) is 0 Å². The van der Waals surface area contributed by atoms with Crippen molar-refractivity contribution in [3.8, 4) is 0 Å². The van der Waals surface area contributed by atoms with Crippen LogP contribution < -0.4 is 10.6 Å². The molecule has 30 heavy (non-hydrogen) atoms. The van der Waals surface area contributed by atoms with E-state index in [9.17, 15) is 4.79 Å². The van der Waals surface area contributed by atoms with Gasteiger partial charge in [-0.1, -0.05) is 30.3 Å². The molecule has 0 saturated carbocycles. The predicted molar refractivity (Wildman–Crippen MR) is 120 cm³/mol. The van der Waals surface area contributed by atoms with Gasteiger partial charge in [0.15, 0.2) is 0 Å². The molecule has 0 radical (unpaired) electrons. The van der Waals surface area contributed by atoms with Crippen molar-refractivity contribution in [2.75, 3.05) is 23.8 Å². The van der Waals surface area contributed by atoms with Crippen molar-refractivity contribution >= 4 is 28.3 Å². The van der Waals surface area contributed by atoms with Gasteiger partial charge in [0.05, 0.1) is 17.2 Å². The average Bonchev–Trinajstić information content (AvgIpc) is 3.17. The number of hydrogen-bond acceptors (Lipinski definition) is 4. The SMILES string of the molecule is O=C(CC1CCOCC1)Nc1cccc2nc(N[C@@H]3CCc4ccccc43)ccc12. The molecule has 2 heterocycles. The lowest BCUT2D eigenvalue weighted by molar-refractivity contribution is -0.117. The van der Waals surface area contributed by atoms with Gasteiger partial charge in [-0.2, -0.15) is 0 Å². The van der Waals surface area contributed by atoms with E-state index in [-0.39, 0.29) is 5.91 Å². The van der Waals surface area contributed by atoms with Crippen LogP contribution in [0, 0.1) is 5.92 Å². The summed E-state index contributed by atoms with van der Waals surface area (Å²) in [7, 11) is 0. The Bertz CT molecular complexity index is 1060. The maximum atomic E-state index is 12.6. The number of benzene rings is 2. The lowest BCUT2D eigenvalue weighted by Crippen LogP contribution is -2.22. The lowest BCUT2D eigenvalue weighted by Gasteiger charge is -2.21. The summed E-state index contributed by atoms with van der Waals surface area (Å²) in [6.07, 6.45) is 4.66. The molecule has 1 saturated heterocycles. The summed E-state index contributed by atoms with van der Waals surface area (Å²) in [5.41, 5.74) is 4.50. The van der Waals surface area contributed by atoms with E-state index in [1.165, 1.54) is 11.1 Å². The van der Waals surface area contributed by atoms with E-state index in [4.69, 9.17) is 9.72 Å². The van der Waals surface area contributed by atoms with Crippen molar-refractivity contribution in [1.82, 2.24) is 4.98 Å². The summed E-state index contributed by atoms with van der Waals surface area (Å²) in [5, 5.41) is 7.66. The molecule has 5 rings (SSSR count). The fraction of sp³-hybridized carbons (Fsp3) is 0.360. The fourth-order valence-electron chi connectivity index (χ4n) is 4.64. The zero-order chi connectivity index (χ0) is 20.3. The molecule has 2 aromatic carbocycles. The number of aryl methyl sites for hydroxylation is 1. The summed E-state index contributed by atoms with van der Waals surface area (Å²) in [5.74, 6) is 1.35. The van der Waals surface area contributed by atoms with Gasteiger partial charge in [0.1, 0.15) is 5.82 Å². The van der Waals surface area contributed by atoms with Crippen LogP contribution in [0.4, 0.5) is 11.5 Å².